The summed E-state index contributed by atoms with van der Waals surface area (Å²) in [6.07, 6.45) is 15.2. The van der Waals surface area contributed by atoms with Crippen LogP contribution in [-0.2, 0) is 18.9 Å². The molecule has 4 fully saturated rings. The second-order valence-corrected chi connectivity index (χ2v) is 40.3. The predicted molar refractivity (Wildman–Crippen MR) is 545 cm³/mol. The number of hydrogen-bond donors (Lipinski definition) is 8. The molecule has 4 saturated carbocycles. The van der Waals surface area contributed by atoms with Crippen LogP contribution in [0.25, 0.3) is 32.9 Å². The highest BCUT2D eigenvalue weighted by molar-refractivity contribution is 7.14. The fourth-order valence-corrected chi connectivity index (χ4v) is 15.5. The van der Waals surface area contributed by atoms with E-state index >= 15 is 0 Å². The average Bonchev–Trinajstić information content (AvgIpc) is 1.66. The van der Waals surface area contributed by atoms with Crippen molar-refractivity contribution >= 4 is 168 Å². The minimum Gasteiger partial charge on any atom is -0.477 e. The van der Waals surface area contributed by atoms with Gasteiger partial charge >= 0.3 is 30.3 Å². The third-order valence-corrected chi connectivity index (χ3v) is 23.9. The molecule has 12 aromatic heterocycles. The van der Waals surface area contributed by atoms with Crippen molar-refractivity contribution in [1.29, 1.82) is 0 Å². The molecule has 0 aliphatic heterocycles. The van der Waals surface area contributed by atoms with Crippen LogP contribution in [0.2, 0.25) is 15.5 Å². The summed E-state index contributed by atoms with van der Waals surface area (Å²) >= 11 is 21.0. The Balaban J connectivity index is 0.000000271. The Labute approximate surface area is 839 Å². The van der Waals surface area contributed by atoms with E-state index in [9.17, 15) is 63.3 Å². The number of carboxylic acid groups (broad SMARTS) is 1. The SMILES string of the molecule is C.C.C.C.C.CN(C(=O)OC(C)(C)C)c1cc(Cl)nc2c(C(=O)C[C@@H]3CC[C@H]3O)cnn12.CN(C(=O)OC(C)(C)C)c1cc(Cl)nc2c(C(=O)C[C@@H]3CC[C@H]3O)cnn12.CN(C(=O)OC(C)(C)C)c1cc(Cl)nc2c(C(=O)O)cnn12.Cc1cnc(-n2cccc(N)c2=O)s1.Cc1cnc(-n2cccc(Nc3cc(N(C)C(=O)OC(C)(C)C)n4ncc(C(=O)C[C@@H]5CC[C@H]5O)c4n3)c2=O)s1.N[C@@H]1CC[C@H]1O. The van der Waals surface area contributed by atoms with E-state index in [0.717, 1.165) is 60.9 Å². The zero-order valence-electron chi connectivity index (χ0n) is 78.1. The van der Waals surface area contributed by atoms with Gasteiger partial charge in [-0.15, -0.1) is 22.7 Å². The van der Waals surface area contributed by atoms with Gasteiger partial charge in [0.1, 0.15) is 78.2 Å². The number of nitrogens with two attached hydrogens (primary N) is 2. The molecule has 141 heavy (non-hydrogen) atoms. The maximum Gasteiger partial charge on any atom is 0.415 e. The number of Topliss-reactive ketones (excluding diaryl/α,β-unsaturated/α-hetero) is 3. The zero-order chi connectivity index (χ0) is 100.0. The molecule has 12 heterocycles. The van der Waals surface area contributed by atoms with Gasteiger partial charge in [0.2, 0.25) is 0 Å². The van der Waals surface area contributed by atoms with Crippen molar-refractivity contribution in [1.82, 2.24) is 77.5 Å². The smallest absolute Gasteiger partial charge is 0.415 e. The summed E-state index contributed by atoms with van der Waals surface area (Å²) in [6.45, 7) is 25.0. The first-order valence-electron chi connectivity index (χ1n) is 43.1. The largest absolute Gasteiger partial charge is 0.477 e. The third kappa shape index (κ3) is 29.4. The molecule has 0 aromatic carbocycles. The fraction of sp³-hybridized carbons (Fsp3) is 0.489. The molecule has 0 spiro atoms. The number of nitrogens with one attached hydrogen (secondary N) is 1. The second kappa shape index (κ2) is 48.3. The number of aromatic nitrogens is 16. The molecule has 16 rings (SSSR count). The minimum atomic E-state index is -1.18. The number of rotatable bonds is 18. The van der Waals surface area contributed by atoms with Crippen LogP contribution >= 0.6 is 57.5 Å². The molecule has 12 aromatic rings. The number of carbonyl (C=O) groups excluding carboxylic acids is 7. The Hall–Kier alpha value is -12.5. The lowest BCUT2D eigenvalue weighted by molar-refractivity contribution is 0.0199. The summed E-state index contributed by atoms with van der Waals surface area (Å²) in [7, 11) is 6.07. The molecule has 47 heteroatoms. The molecule has 768 valence electrons. The van der Waals surface area contributed by atoms with Crippen molar-refractivity contribution in [3.05, 3.63) is 166 Å². The van der Waals surface area contributed by atoms with Crippen molar-refractivity contribution < 1.29 is 82.8 Å². The van der Waals surface area contributed by atoms with Gasteiger partial charge < -0.3 is 61.3 Å². The number of aromatic carboxylic acids is 1. The quantitative estimate of drug-likeness (QED) is 0.0225. The molecular formula is C94H130Cl3N23O19S2. The van der Waals surface area contributed by atoms with Crippen LogP contribution in [0.4, 0.5) is 59.6 Å². The van der Waals surface area contributed by atoms with E-state index < -0.39 is 71.1 Å². The van der Waals surface area contributed by atoms with Crippen molar-refractivity contribution in [2.24, 2.45) is 23.5 Å². The molecule has 4 aliphatic carbocycles. The van der Waals surface area contributed by atoms with Crippen LogP contribution < -0.4 is 47.5 Å². The first-order chi connectivity index (χ1) is 63.6. The van der Waals surface area contributed by atoms with E-state index in [0.29, 0.717) is 39.4 Å². The number of aliphatic hydroxyl groups excluding tert-OH is 4. The number of carbonyl (C=O) groups is 8. The monoisotopic (exact) mass is 2050 g/mol. The summed E-state index contributed by atoms with van der Waals surface area (Å²) in [5.74, 6) is -0.468. The van der Waals surface area contributed by atoms with Crippen LogP contribution in [0.5, 0.6) is 0 Å². The first-order valence-corrected chi connectivity index (χ1v) is 45.9. The van der Waals surface area contributed by atoms with Crippen molar-refractivity contribution in [2.45, 2.75) is 258 Å². The summed E-state index contributed by atoms with van der Waals surface area (Å²) in [4.78, 5) is 157. The van der Waals surface area contributed by atoms with Crippen LogP contribution in [0.1, 0.15) is 242 Å². The lowest BCUT2D eigenvalue weighted by Gasteiger charge is -2.31. The van der Waals surface area contributed by atoms with Gasteiger partial charge in [-0.05, 0) is 190 Å². The number of nitrogens with zero attached hydrogens (tertiary/aromatic N) is 20. The molecule has 0 radical (unpaired) electrons. The first kappa shape index (κ1) is 117. The number of anilines is 7. The van der Waals surface area contributed by atoms with Gasteiger partial charge in [-0.3, -0.25) is 52.7 Å². The number of thiazole rings is 2. The number of hydrogen-bond acceptors (Lipinski definition) is 33. The van der Waals surface area contributed by atoms with Gasteiger partial charge in [0.05, 0.1) is 71.6 Å². The molecule has 10 N–H and O–H groups in total. The van der Waals surface area contributed by atoms with Crippen molar-refractivity contribution in [3.63, 3.8) is 0 Å². The Bertz CT molecular complexity index is 6430. The number of aryl methyl sites for hydroxylation is 2. The van der Waals surface area contributed by atoms with Crippen LogP contribution in [0.3, 0.4) is 0 Å². The van der Waals surface area contributed by atoms with Crippen LogP contribution in [0.15, 0.2) is 108 Å². The topological polar surface area (TPSA) is 542 Å². The molecular weight excluding hydrogens is 1930 g/mol. The van der Waals surface area contributed by atoms with E-state index in [1.807, 2.05) is 13.8 Å². The van der Waals surface area contributed by atoms with Crippen molar-refractivity contribution in [2.75, 3.05) is 58.8 Å². The number of ketones is 3. The lowest BCUT2D eigenvalue weighted by Crippen LogP contribution is -2.43. The highest BCUT2D eigenvalue weighted by atomic mass is 35.5. The van der Waals surface area contributed by atoms with Crippen molar-refractivity contribution in [3.8, 4) is 10.3 Å². The normalized spacial score (nSPS) is 17.1. The maximum absolute atomic E-state index is 13.3. The van der Waals surface area contributed by atoms with E-state index in [1.165, 1.54) is 134 Å². The van der Waals surface area contributed by atoms with Crippen LogP contribution in [-0.4, -0.2) is 232 Å². The lowest BCUT2D eigenvalue weighted by atomic mass is 9.78. The number of aliphatic hydroxyl groups is 4. The van der Waals surface area contributed by atoms with E-state index in [2.05, 4.69) is 55.6 Å². The van der Waals surface area contributed by atoms with Gasteiger partial charge in [0.15, 0.2) is 50.2 Å². The molecule has 0 saturated heterocycles. The maximum atomic E-state index is 13.3. The number of fused-ring (bicyclic) bond motifs is 4. The molecule has 0 unspecified atom stereocenters. The molecule has 4 amide bonds. The molecule has 4 aliphatic rings. The standard InChI is InChI=1S/C27H31N7O5S.2C18H23ClN4O4.C13H15ClN4O4.C9H9N3OS.C4H9NO.5CH4/c1-15-13-28-25(40-15)33-10-6-7-18(24(33)37)30-21-12-22(32(5)26(38)39-27(2,3)4)34-23(31-21)17(14-29-34)20(36)11-16-8-9-19(16)35;2*1-18(2,3)27-17(26)22(4)15-8-14(19)21-16-11(9-20-23(15)16)13(25)7-10-5-6-12(10)24;1-13(2,3)22-12(21)17(4)9-5-8(14)16-10-7(11(19)20)6-15-18(9)10;1-6-5-11-9(14-6)12-4-2-3-7(10)8(12)13;5-3-1-2-4(3)6;;;;;/h6-7,10,12-14,16,19,35H,8-9,11H2,1-5H3,(H,30,31);2*8-10,12,24H,5-7H2,1-4H3;5-6H,1-4H3,(H,19,20);2-5H,10H2,1H3;3-4,6H,1-2,5H2;5*1H4/t16-,19+;2*10-,12+;;;3-,4-;;;;;/m000..1...../s1. The number of carboxylic acids is 1. The Morgan fingerprint density at radius 2 is 0.730 bits per heavy atom. The van der Waals surface area contributed by atoms with Gasteiger partial charge in [-0.1, -0.05) is 71.9 Å². The Kier molecular flexibility index (Phi) is 40.1. The molecule has 42 nitrogen and oxygen atoms in total. The van der Waals surface area contributed by atoms with Gasteiger partial charge in [0, 0.05) is 112 Å². The molecule has 0 bridgehead atoms. The predicted octanol–water partition coefficient (Wildman–Crippen LogP) is 16.6. The number of ether oxygens (including phenoxy) is 4. The van der Waals surface area contributed by atoms with E-state index in [4.69, 9.17) is 75.4 Å². The zero-order valence-corrected chi connectivity index (χ0v) is 82.0. The molecule has 8 atom stereocenters. The number of amides is 4. The number of nitrogen functional groups attached to an aromatic ring is 1. The van der Waals surface area contributed by atoms with Crippen LogP contribution in [0, 0.1) is 31.6 Å². The summed E-state index contributed by atoms with van der Waals surface area (Å²) in [5.41, 5.74) is 9.53. The van der Waals surface area contributed by atoms with E-state index in [-0.39, 0.29) is 193 Å². The summed E-state index contributed by atoms with van der Waals surface area (Å²) < 4.78 is 29.8. The minimum absolute atomic E-state index is 0. The Morgan fingerprint density at radius 3 is 1.00 bits per heavy atom. The van der Waals surface area contributed by atoms with Gasteiger partial charge in [-0.2, -0.15) is 38.5 Å². The summed E-state index contributed by atoms with van der Waals surface area (Å²) in [6, 6.07) is 12.6. The highest BCUT2D eigenvalue weighted by Gasteiger charge is 2.38. The fourth-order valence-electron chi connectivity index (χ4n) is 13.5. The Morgan fingerprint density at radius 1 is 0.440 bits per heavy atom. The number of halogens is 3. The average molecular weight is 2060 g/mol. The number of pyridine rings is 2. The second-order valence-electron chi connectivity index (χ2n) is 36.7. The van der Waals surface area contributed by atoms with E-state index in [1.54, 1.807) is 138 Å². The van der Waals surface area contributed by atoms with Gasteiger partial charge in [0.25, 0.3) is 11.1 Å². The highest BCUT2D eigenvalue weighted by Crippen LogP contribution is 2.37. The van der Waals surface area contributed by atoms with Gasteiger partial charge in [-0.25, -0.2) is 53.9 Å². The third-order valence-electron chi connectivity index (χ3n) is 21.5. The summed E-state index contributed by atoms with van der Waals surface area (Å²) in [5, 5.41) is 68.4.